The molecule has 0 atom stereocenters. The number of aromatic amines is 1. The van der Waals surface area contributed by atoms with Crippen LogP contribution in [0.15, 0.2) is 47.5 Å². The highest BCUT2D eigenvalue weighted by Gasteiger charge is 2.21. The highest BCUT2D eigenvalue weighted by atomic mass is 16.2. The number of nitrogens with zero attached hydrogens (tertiary/aromatic N) is 5. The van der Waals surface area contributed by atoms with E-state index in [1.165, 1.54) is 10.9 Å². The first-order valence-corrected chi connectivity index (χ1v) is 9.73. The second-order valence-corrected chi connectivity index (χ2v) is 7.47. The molecule has 3 aromatic rings. The molecule has 8 heteroatoms. The molecular weight excluding hydrogens is 380 g/mol. The van der Waals surface area contributed by atoms with Crippen LogP contribution < -0.4 is 5.56 Å². The predicted octanol–water partition coefficient (Wildman–Crippen LogP) is 1.80. The first kappa shape index (κ1) is 19.6. The van der Waals surface area contributed by atoms with Crippen LogP contribution in [0.4, 0.5) is 0 Å². The van der Waals surface area contributed by atoms with Crippen molar-refractivity contribution in [1.82, 2.24) is 24.6 Å². The van der Waals surface area contributed by atoms with Crippen LogP contribution in [0.5, 0.6) is 0 Å². The van der Waals surface area contributed by atoms with Crippen molar-refractivity contribution in [3.63, 3.8) is 0 Å². The zero-order chi connectivity index (χ0) is 21.3. The molecule has 0 bridgehead atoms. The molecule has 0 spiro atoms. The first-order chi connectivity index (χ1) is 14.5. The minimum atomic E-state index is -0.242. The van der Waals surface area contributed by atoms with Gasteiger partial charge in [0.25, 0.3) is 11.5 Å². The third kappa shape index (κ3) is 3.63. The maximum Gasteiger partial charge on any atom is 0.280 e. The lowest BCUT2D eigenvalue weighted by atomic mass is 10.0. The average Bonchev–Trinajstić information content (AvgIpc) is 3.15. The van der Waals surface area contributed by atoms with Crippen LogP contribution in [0.3, 0.4) is 0 Å². The van der Waals surface area contributed by atoms with Gasteiger partial charge in [0.2, 0.25) is 0 Å². The van der Waals surface area contributed by atoms with E-state index in [0.29, 0.717) is 35.6 Å². The quantitative estimate of drug-likeness (QED) is 0.720. The fourth-order valence-corrected chi connectivity index (χ4v) is 3.61. The van der Waals surface area contributed by atoms with Crippen molar-refractivity contribution in [1.29, 1.82) is 5.26 Å². The van der Waals surface area contributed by atoms with Crippen LogP contribution >= 0.6 is 0 Å². The number of aromatic nitrogens is 3. The topological polar surface area (TPSA) is 98.0 Å². The molecule has 1 saturated heterocycles. The normalized spacial score (nSPS) is 14.5. The number of benzene rings is 1. The van der Waals surface area contributed by atoms with Crippen LogP contribution in [-0.2, 0) is 0 Å². The predicted molar refractivity (Wildman–Crippen MR) is 112 cm³/mol. The number of amides is 1. The Balaban J connectivity index is 1.58. The Morgan fingerprint density at radius 3 is 2.53 bits per heavy atom. The highest BCUT2D eigenvalue weighted by Crippen LogP contribution is 2.21. The SMILES string of the molecule is Cc1cc(C#N)ccc1-c1c[nH]n(-c2ccc(C(=O)N3CCN(C)CC3)cn2)c1=O. The van der Waals surface area contributed by atoms with Crippen molar-refractivity contribution in [2.75, 3.05) is 33.2 Å². The molecule has 0 saturated carbocycles. The number of hydrogen-bond donors (Lipinski definition) is 1. The number of aryl methyl sites for hydroxylation is 1. The number of carbonyl (C=O) groups excluding carboxylic acids is 1. The summed E-state index contributed by atoms with van der Waals surface area (Å²) in [6, 6.07) is 10.7. The fourth-order valence-electron chi connectivity index (χ4n) is 3.61. The minimum Gasteiger partial charge on any atom is -0.336 e. The molecule has 1 aliphatic heterocycles. The number of hydrogen-bond acceptors (Lipinski definition) is 5. The zero-order valence-corrected chi connectivity index (χ0v) is 16.9. The monoisotopic (exact) mass is 402 g/mol. The first-order valence-electron chi connectivity index (χ1n) is 9.73. The maximum absolute atomic E-state index is 12.9. The summed E-state index contributed by atoms with van der Waals surface area (Å²) < 4.78 is 1.34. The third-order valence-electron chi connectivity index (χ3n) is 5.43. The van der Waals surface area contributed by atoms with Gasteiger partial charge in [0, 0.05) is 38.6 Å². The second kappa shape index (κ2) is 7.97. The molecule has 1 amide bonds. The highest BCUT2D eigenvalue weighted by molar-refractivity contribution is 5.94. The lowest BCUT2D eigenvalue weighted by molar-refractivity contribution is 0.0663. The average molecular weight is 402 g/mol. The summed E-state index contributed by atoms with van der Waals surface area (Å²) in [4.78, 5) is 33.9. The maximum atomic E-state index is 12.9. The summed E-state index contributed by atoms with van der Waals surface area (Å²) in [6.45, 7) is 4.96. The lowest BCUT2D eigenvalue weighted by Gasteiger charge is -2.32. The Hall–Kier alpha value is -3.70. The Labute approximate surface area is 174 Å². The van der Waals surface area contributed by atoms with Gasteiger partial charge in [0.15, 0.2) is 5.82 Å². The zero-order valence-electron chi connectivity index (χ0n) is 16.9. The number of likely N-dealkylation sites (N-methyl/N-ethyl adjacent to an activating group) is 1. The van der Waals surface area contributed by atoms with Gasteiger partial charge in [-0.2, -0.15) is 5.26 Å². The van der Waals surface area contributed by atoms with Gasteiger partial charge in [0.05, 0.1) is 22.8 Å². The van der Waals surface area contributed by atoms with Crippen LogP contribution in [0, 0.1) is 18.3 Å². The molecule has 1 fully saturated rings. The number of carbonyl (C=O) groups is 1. The molecule has 4 rings (SSSR count). The molecule has 1 aromatic carbocycles. The van der Waals surface area contributed by atoms with E-state index in [2.05, 4.69) is 21.1 Å². The second-order valence-electron chi connectivity index (χ2n) is 7.47. The number of pyridine rings is 1. The molecule has 1 aliphatic rings. The smallest absolute Gasteiger partial charge is 0.280 e. The minimum absolute atomic E-state index is 0.0464. The summed E-state index contributed by atoms with van der Waals surface area (Å²) in [6.07, 6.45) is 3.14. The molecular formula is C22H22N6O2. The van der Waals surface area contributed by atoms with E-state index in [1.807, 2.05) is 18.9 Å². The third-order valence-corrected chi connectivity index (χ3v) is 5.43. The Morgan fingerprint density at radius 2 is 1.90 bits per heavy atom. The van der Waals surface area contributed by atoms with E-state index in [0.717, 1.165) is 24.2 Å². The number of H-pyrrole nitrogens is 1. The van der Waals surface area contributed by atoms with Crippen molar-refractivity contribution in [2.45, 2.75) is 6.92 Å². The van der Waals surface area contributed by atoms with E-state index < -0.39 is 0 Å². The van der Waals surface area contributed by atoms with E-state index >= 15 is 0 Å². The van der Waals surface area contributed by atoms with Gasteiger partial charge in [-0.25, -0.2) is 9.67 Å². The summed E-state index contributed by atoms with van der Waals surface area (Å²) in [5, 5.41) is 12.0. The van der Waals surface area contributed by atoms with E-state index in [4.69, 9.17) is 5.26 Å². The van der Waals surface area contributed by atoms with Gasteiger partial charge in [-0.15, -0.1) is 0 Å². The van der Waals surface area contributed by atoms with Crippen LogP contribution in [0.2, 0.25) is 0 Å². The van der Waals surface area contributed by atoms with Crippen molar-refractivity contribution in [3.8, 4) is 23.0 Å². The molecule has 8 nitrogen and oxygen atoms in total. The molecule has 1 N–H and O–H groups in total. The number of nitrogens with one attached hydrogen (secondary N) is 1. The van der Waals surface area contributed by atoms with E-state index in [-0.39, 0.29) is 11.5 Å². The summed E-state index contributed by atoms with van der Waals surface area (Å²) >= 11 is 0. The van der Waals surface area contributed by atoms with E-state index in [9.17, 15) is 9.59 Å². The molecule has 0 aliphatic carbocycles. The van der Waals surface area contributed by atoms with Gasteiger partial charge >= 0.3 is 0 Å². The number of rotatable bonds is 3. The van der Waals surface area contributed by atoms with Gasteiger partial charge in [-0.3, -0.25) is 14.7 Å². The largest absolute Gasteiger partial charge is 0.336 e. The van der Waals surface area contributed by atoms with Gasteiger partial charge in [-0.05, 0) is 49.4 Å². The Kier molecular flexibility index (Phi) is 5.21. The van der Waals surface area contributed by atoms with Crippen LogP contribution in [0.1, 0.15) is 21.5 Å². The van der Waals surface area contributed by atoms with Crippen molar-refractivity contribution >= 4 is 5.91 Å². The van der Waals surface area contributed by atoms with Crippen molar-refractivity contribution in [3.05, 3.63) is 69.8 Å². The summed E-state index contributed by atoms with van der Waals surface area (Å²) in [7, 11) is 2.04. The molecule has 0 radical (unpaired) electrons. The molecule has 152 valence electrons. The fraction of sp³-hybridized carbons (Fsp3) is 0.273. The lowest BCUT2D eigenvalue weighted by Crippen LogP contribution is -2.47. The number of nitriles is 1. The number of piperazine rings is 1. The standard InChI is InChI=1S/C22H22N6O2/c1-15-11-16(12-23)3-5-18(15)19-14-25-28(22(19)30)20-6-4-17(13-24-20)21(29)27-9-7-26(2)8-10-27/h3-6,11,13-14,25H,7-10H2,1-2H3. The summed E-state index contributed by atoms with van der Waals surface area (Å²) in [5.74, 6) is 0.363. The van der Waals surface area contributed by atoms with Crippen molar-refractivity contribution < 1.29 is 4.79 Å². The molecule has 0 unspecified atom stereocenters. The molecule has 2 aromatic heterocycles. The summed E-state index contributed by atoms with van der Waals surface area (Å²) in [5.41, 5.74) is 2.92. The van der Waals surface area contributed by atoms with Crippen molar-refractivity contribution in [2.24, 2.45) is 0 Å². The molecule has 3 heterocycles. The Bertz CT molecular complexity index is 1180. The van der Waals surface area contributed by atoms with Gasteiger partial charge < -0.3 is 9.80 Å². The van der Waals surface area contributed by atoms with Crippen LogP contribution in [-0.4, -0.2) is 63.7 Å². The Morgan fingerprint density at radius 1 is 1.13 bits per heavy atom. The van der Waals surface area contributed by atoms with Crippen LogP contribution in [0.25, 0.3) is 16.9 Å². The van der Waals surface area contributed by atoms with Gasteiger partial charge in [-0.1, -0.05) is 6.07 Å². The van der Waals surface area contributed by atoms with E-state index in [1.54, 1.807) is 36.5 Å². The van der Waals surface area contributed by atoms with Gasteiger partial charge in [0.1, 0.15) is 0 Å². The molecule has 30 heavy (non-hydrogen) atoms.